The van der Waals surface area contributed by atoms with E-state index in [0.717, 1.165) is 17.4 Å². The highest BCUT2D eigenvalue weighted by Gasteiger charge is 2.22. The van der Waals surface area contributed by atoms with Crippen LogP contribution in [0.25, 0.3) is 0 Å². The smallest absolute Gasteiger partial charge is 0.299 e. The maximum absolute atomic E-state index is 11.7. The number of carbonyl (C=O) groups is 1. The van der Waals surface area contributed by atoms with E-state index in [2.05, 4.69) is 0 Å². The molecule has 1 rings (SSSR count). The SMILES string of the molecule is CN(CCO)C(=O)c1cc([N+](=O)[O-])c(Cl)s1. The third-order valence-electron chi connectivity index (χ3n) is 1.86. The fraction of sp³-hybridized carbons (Fsp3) is 0.375. The molecule has 1 aromatic heterocycles. The van der Waals surface area contributed by atoms with Crippen molar-refractivity contribution in [1.29, 1.82) is 0 Å². The molecule has 0 spiro atoms. The molecule has 0 aromatic carbocycles. The summed E-state index contributed by atoms with van der Waals surface area (Å²) in [6.45, 7) is 0.00555. The lowest BCUT2D eigenvalue weighted by atomic mass is 10.4. The van der Waals surface area contributed by atoms with Gasteiger partial charge in [0.1, 0.15) is 4.88 Å². The summed E-state index contributed by atoms with van der Waals surface area (Å²) < 4.78 is -0.0225. The van der Waals surface area contributed by atoms with Gasteiger partial charge in [-0.2, -0.15) is 0 Å². The molecule has 0 unspecified atom stereocenters. The predicted octanol–water partition coefficient (Wildman–Crippen LogP) is 1.37. The second-order valence-corrected chi connectivity index (χ2v) is 4.63. The fourth-order valence-electron chi connectivity index (χ4n) is 1.03. The van der Waals surface area contributed by atoms with Crippen LogP contribution in [0.4, 0.5) is 5.69 Å². The molecule has 0 aliphatic heterocycles. The fourth-order valence-corrected chi connectivity index (χ4v) is 2.25. The first kappa shape index (κ1) is 12.9. The summed E-state index contributed by atoms with van der Waals surface area (Å²) in [4.78, 5) is 23.0. The zero-order chi connectivity index (χ0) is 12.3. The Morgan fingerprint density at radius 1 is 1.75 bits per heavy atom. The Morgan fingerprint density at radius 2 is 2.38 bits per heavy atom. The van der Waals surface area contributed by atoms with Gasteiger partial charge >= 0.3 is 0 Å². The Bertz CT molecular complexity index is 420. The van der Waals surface area contributed by atoms with Crippen LogP contribution >= 0.6 is 22.9 Å². The molecule has 0 radical (unpaired) electrons. The van der Waals surface area contributed by atoms with E-state index in [1.54, 1.807) is 0 Å². The van der Waals surface area contributed by atoms with Crippen molar-refractivity contribution < 1.29 is 14.8 Å². The van der Waals surface area contributed by atoms with Crippen LogP contribution in [-0.4, -0.2) is 41.0 Å². The minimum atomic E-state index is -0.637. The summed E-state index contributed by atoms with van der Waals surface area (Å²) in [5, 5.41) is 19.2. The number of likely N-dealkylation sites (N-methyl/N-ethyl adjacent to an activating group) is 1. The molecular weight excluding hydrogens is 256 g/mol. The number of aliphatic hydroxyl groups excluding tert-OH is 1. The summed E-state index contributed by atoms with van der Waals surface area (Å²) >= 11 is 6.48. The first-order valence-corrected chi connectivity index (χ1v) is 5.47. The van der Waals surface area contributed by atoms with Crippen LogP contribution in [0.15, 0.2) is 6.07 Å². The van der Waals surface area contributed by atoms with E-state index in [4.69, 9.17) is 16.7 Å². The normalized spacial score (nSPS) is 10.2. The van der Waals surface area contributed by atoms with Crippen LogP contribution in [0.5, 0.6) is 0 Å². The van der Waals surface area contributed by atoms with Crippen molar-refractivity contribution in [2.45, 2.75) is 0 Å². The summed E-state index contributed by atoms with van der Waals surface area (Å²) in [5.41, 5.74) is -0.271. The number of amides is 1. The Kier molecular flexibility index (Phi) is 4.22. The van der Waals surface area contributed by atoms with E-state index in [9.17, 15) is 14.9 Å². The number of thiophene rings is 1. The third-order valence-corrected chi connectivity index (χ3v) is 3.18. The Balaban J connectivity index is 2.93. The summed E-state index contributed by atoms with van der Waals surface area (Å²) in [5.74, 6) is -0.394. The number of rotatable bonds is 4. The lowest BCUT2D eigenvalue weighted by molar-refractivity contribution is -0.384. The van der Waals surface area contributed by atoms with Crippen LogP contribution in [-0.2, 0) is 0 Å². The third kappa shape index (κ3) is 2.69. The van der Waals surface area contributed by atoms with Gasteiger partial charge in [0, 0.05) is 19.7 Å². The number of nitrogens with zero attached hydrogens (tertiary/aromatic N) is 2. The van der Waals surface area contributed by atoms with Crippen molar-refractivity contribution in [3.8, 4) is 0 Å². The summed E-state index contributed by atoms with van der Waals surface area (Å²) in [6.07, 6.45) is 0. The number of hydrogen-bond acceptors (Lipinski definition) is 5. The Labute approximate surface area is 100 Å². The predicted molar refractivity (Wildman–Crippen MR) is 60.0 cm³/mol. The number of hydrogen-bond donors (Lipinski definition) is 1. The Morgan fingerprint density at radius 3 is 2.81 bits per heavy atom. The number of carbonyl (C=O) groups excluding carboxylic acids is 1. The van der Waals surface area contributed by atoms with Crippen molar-refractivity contribution in [3.05, 3.63) is 25.4 Å². The highest BCUT2D eigenvalue weighted by atomic mass is 35.5. The second kappa shape index (κ2) is 5.24. The molecule has 0 saturated carbocycles. The summed E-state index contributed by atoms with van der Waals surface area (Å²) in [7, 11) is 1.50. The number of nitro groups is 1. The molecule has 1 heterocycles. The van der Waals surface area contributed by atoms with Gasteiger partial charge in [-0.05, 0) is 0 Å². The van der Waals surface area contributed by atoms with Crippen LogP contribution in [0.2, 0.25) is 4.34 Å². The van der Waals surface area contributed by atoms with Gasteiger partial charge in [-0.15, -0.1) is 11.3 Å². The maximum Gasteiger partial charge on any atom is 0.299 e. The zero-order valence-electron chi connectivity index (χ0n) is 8.34. The molecule has 1 amide bonds. The lowest BCUT2D eigenvalue weighted by Gasteiger charge is -2.13. The Hall–Kier alpha value is -1.18. The van der Waals surface area contributed by atoms with E-state index in [1.165, 1.54) is 11.9 Å². The van der Waals surface area contributed by atoms with Crippen molar-refractivity contribution in [3.63, 3.8) is 0 Å². The quantitative estimate of drug-likeness (QED) is 0.658. The van der Waals surface area contributed by atoms with E-state index in [1.807, 2.05) is 0 Å². The van der Waals surface area contributed by atoms with Gasteiger partial charge < -0.3 is 10.0 Å². The highest BCUT2D eigenvalue weighted by molar-refractivity contribution is 7.18. The van der Waals surface area contributed by atoms with E-state index < -0.39 is 10.8 Å². The van der Waals surface area contributed by atoms with Gasteiger partial charge in [-0.3, -0.25) is 14.9 Å². The van der Waals surface area contributed by atoms with Gasteiger partial charge in [0.05, 0.1) is 11.5 Å². The molecule has 0 fully saturated rings. The molecule has 0 aliphatic rings. The maximum atomic E-state index is 11.7. The van der Waals surface area contributed by atoms with Crippen LogP contribution in [0, 0.1) is 10.1 Å². The molecule has 1 N–H and O–H groups in total. The first-order chi connectivity index (χ1) is 7.47. The van der Waals surface area contributed by atoms with Crippen molar-refractivity contribution in [2.75, 3.05) is 20.2 Å². The van der Waals surface area contributed by atoms with Gasteiger partial charge in [0.25, 0.3) is 11.6 Å². The minimum Gasteiger partial charge on any atom is -0.395 e. The van der Waals surface area contributed by atoms with Crippen molar-refractivity contribution >= 4 is 34.5 Å². The van der Waals surface area contributed by atoms with Crippen LogP contribution in [0.1, 0.15) is 9.67 Å². The molecule has 0 saturated heterocycles. The molecule has 0 bridgehead atoms. The van der Waals surface area contributed by atoms with Gasteiger partial charge in [-0.1, -0.05) is 11.6 Å². The first-order valence-electron chi connectivity index (χ1n) is 4.27. The minimum absolute atomic E-state index is 0.0225. The number of aliphatic hydroxyl groups is 1. The number of halogens is 1. The molecule has 1 aromatic rings. The van der Waals surface area contributed by atoms with E-state index >= 15 is 0 Å². The lowest BCUT2D eigenvalue weighted by Crippen LogP contribution is -2.28. The van der Waals surface area contributed by atoms with Crippen LogP contribution in [0.3, 0.4) is 0 Å². The largest absolute Gasteiger partial charge is 0.395 e. The standard InChI is InChI=1S/C8H9ClN2O4S/c1-10(2-3-12)8(13)6-4-5(11(14)15)7(9)16-6/h4,12H,2-3H2,1H3. The van der Waals surface area contributed by atoms with Gasteiger partial charge in [-0.25, -0.2) is 0 Å². The molecular formula is C8H9ClN2O4S. The molecule has 8 heteroatoms. The molecule has 88 valence electrons. The average molecular weight is 265 g/mol. The molecule has 0 atom stereocenters. The topological polar surface area (TPSA) is 83.7 Å². The monoisotopic (exact) mass is 264 g/mol. The molecule has 6 nitrogen and oxygen atoms in total. The second-order valence-electron chi connectivity index (χ2n) is 2.98. The van der Waals surface area contributed by atoms with Crippen LogP contribution < -0.4 is 0 Å². The highest BCUT2D eigenvalue weighted by Crippen LogP contribution is 2.34. The van der Waals surface area contributed by atoms with E-state index in [0.29, 0.717) is 0 Å². The molecule has 16 heavy (non-hydrogen) atoms. The van der Waals surface area contributed by atoms with Gasteiger partial charge in [0.2, 0.25) is 0 Å². The van der Waals surface area contributed by atoms with Crippen molar-refractivity contribution in [1.82, 2.24) is 4.90 Å². The van der Waals surface area contributed by atoms with Gasteiger partial charge in [0.15, 0.2) is 4.34 Å². The summed E-state index contributed by atoms with van der Waals surface area (Å²) in [6, 6.07) is 1.14. The van der Waals surface area contributed by atoms with E-state index in [-0.39, 0.29) is 28.1 Å². The molecule has 0 aliphatic carbocycles. The zero-order valence-corrected chi connectivity index (χ0v) is 9.92. The average Bonchev–Trinajstić information content (AvgIpc) is 2.59. The van der Waals surface area contributed by atoms with Crippen molar-refractivity contribution in [2.24, 2.45) is 0 Å².